The number of unbranched alkanes of at least 4 members (excludes halogenated alkanes) is 1. The van der Waals surface area contributed by atoms with Gasteiger partial charge < -0.3 is 34.7 Å². The third-order valence-electron chi connectivity index (χ3n) is 10.3. The predicted molar refractivity (Wildman–Crippen MR) is 181 cm³/mol. The van der Waals surface area contributed by atoms with Crippen molar-refractivity contribution in [3.05, 3.63) is 35.5 Å². The standard InChI is InChI=1S/C37H62N2O7/c1-5-43-21-22-45-25-26-46-24-23-44-20-16-35(41)38-18-6-7-19-39-36(42)29(3)33-14-15-34-30(9-8-17-37(33,34)4)11-12-31-27-32(40)13-10-28(31)2/h11-12,29,32-34,40H,2,5-10,13-27H2,1,3-4H3,(H,38,41)(H,39,42)/b30-11+,31-12-/t29-,32-,33+,34-,37+/m0/s1. The molecule has 0 heterocycles. The van der Waals surface area contributed by atoms with Crippen LogP contribution >= 0.6 is 0 Å². The molecule has 0 unspecified atom stereocenters. The smallest absolute Gasteiger partial charge is 0.223 e. The van der Waals surface area contributed by atoms with E-state index >= 15 is 0 Å². The molecule has 5 atom stereocenters. The Morgan fingerprint density at radius 1 is 0.935 bits per heavy atom. The maximum absolute atomic E-state index is 13.2. The predicted octanol–water partition coefficient (Wildman–Crippen LogP) is 5.28. The van der Waals surface area contributed by atoms with Crippen LogP contribution in [-0.4, -0.2) is 89.0 Å². The molecule has 3 saturated carbocycles. The molecule has 262 valence electrons. The molecule has 3 aliphatic carbocycles. The summed E-state index contributed by atoms with van der Waals surface area (Å²) in [5.41, 5.74) is 4.01. The lowest BCUT2D eigenvalue weighted by Crippen LogP contribution is -2.41. The van der Waals surface area contributed by atoms with Crippen molar-refractivity contribution < 1.29 is 33.6 Å². The second-order valence-electron chi connectivity index (χ2n) is 13.5. The van der Waals surface area contributed by atoms with Crippen molar-refractivity contribution in [2.24, 2.45) is 23.2 Å². The molecule has 3 N–H and O–H groups in total. The van der Waals surface area contributed by atoms with Crippen LogP contribution in [0.5, 0.6) is 0 Å². The molecule has 0 aromatic carbocycles. The number of fused-ring (bicyclic) bond motifs is 1. The molecule has 2 amide bonds. The van der Waals surface area contributed by atoms with Gasteiger partial charge in [0.15, 0.2) is 0 Å². The summed E-state index contributed by atoms with van der Waals surface area (Å²) in [5.74, 6) is 0.993. The topological polar surface area (TPSA) is 115 Å². The van der Waals surface area contributed by atoms with Gasteiger partial charge in [-0.05, 0) is 94.0 Å². The number of nitrogens with one attached hydrogen (secondary N) is 2. The van der Waals surface area contributed by atoms with Crippen LogP contribution in [0.4, 0.5) is 0 Å². The minimum absolute atomic E-state index is 0.0231. The largest absolute Gasteiger partial charge is 0.393 e. The monoisotopic (exact) mass is 646 g/mol. The number of rotatable bonds is 21. The molecule has 3 aliphatic rings. The summed E-state index contributed by atoms with van der Waals surface area (Å²) in [6.45, 7) is 16.1. The Bertz CT molecular complexity index is 1010. The van der Waals surface area contributed by atoms with Gasteiger partial charge in [0.25, 0.3) is 0 Å². The van der Waals surface area contributed by atoms with Crippen molar-refractivity contribution in [3.63, 3.8) is 0 Å². The van der Waals surface area contributed by atoms with E-state index in [-0.39, 0.29) is 29.3 Å². The van der Waals surface area contributed by atoms with E-state index in [1.165, 1.54) is 17.6 Å². The quantitative estimate of drug-likeness (QED) is 0.145. The molecule has 0 spiro atoms. The molecule has 3 rings (SSSR count). The summed E-state index contributed by atoms with van der Waals surface area (Å²) >= 11 is 0. The Morgan fingerprint density at radius 3 is 2.28 bits per heavy atom. The van der Waals surface area contributed by atoms with Crippen LogP contribution < -0.4 is 10.6 Å². The van der Waals surface area contributed by atoms with Crippen molar-refractivity contribution in [2.75, 3.05) is 65.9 Å². The zero-order chi connectivity index (χ0) is 33.2. The van der Waals surface area contributed by atoms with Crippen LogP contribution in [0.15, 0.2) is 35.5 Å². The highest BCUT2D eigenvalue weighted by Gasteiger charge is 2.51. The molecule has 46 heavy (non-hydrogen) atoms. The molecule has 0 saturated heterocycles. The first kappa shape index (κ1) is 38.4. The summed E-state index contributed by atoms with van der Waals surface area (Å²) in [6, 6.07) is 0. The number of aliphatic hydroxyl groups is 1. The van der Waals surface area contributed by atoms with E-state index in [1.807, 2.05) is 6.92 Å². The lowest BCUT2D eigenvalue weighted by atomic mass is 9.61. The summed E-state index contributed by atoms with van der Waals surface area (Å²) in [7, 11) is 0. The van der Waals surface area contributed by atoms with Gasteiger partial charge >= 0.3 is 0 Å². The number of amides is 2. The fraction of sp³-hybridized carbons (Fsp3) is 0.784. The maximum atomic E-state index is 13.2. The lowest BCUT2D eigenvalue weighted by molar-refractivity contribution is -0.128. The summed E-state index contributed by atoms with van der Waals surface area (Å²) in [5, 5.41) is 16.2. The van der Waals surface area contributed by atoms with Crippen LogP contribution in [0.2, 0.25) is 0 Å². The van der Waals surface area contributed by atoms with Gasteiger partial charge in [-0.3, -0.25) is 9.59 Å². The fourth-order valence-corrected chi connectivity index (χ4v) is 7.59. The molecule has 0 aromatic heterocycles. The molecule has 0 aliphatic heterocycles. The molecule has 0 bridgehead atoms. The summed E-state index contributed by atoms with van der Waals surface area (Å²) < 4.78 is 21.5. The minimum Gasteiger partial charge on any atom is -0.393 e. The van der Waals surface area contributed by atoms with E-state index < -0.39 is 0 Å². The second kappa shape index (κ2) is 21.0. The van der Waals surface area contributed by atoms with Gasteiger partial charge in [-0.1, -0.05) is 43.7 Å². The van der Waals surface area contributed by atoms with Crippen molar-refractivity contribution in [1.82, 2.24) is 10.6 Å². The highest BCUT2D eigenvalue weighted by molar-refractivity contribution is 5.78. The number of allylic oxidation sites excluding steroid dienone is 4. The zero-order valence-corrected chi connectivity index (χ0v) is 28.9. The van der Waals surface area contributed by atoms with Gasteiger partial charge in [0.1, 0.15) is 0 Å². The van der Waals surface area contributed by atoms with Gasteiger partial charge in [-0.2, -0.15) is 0 Å². The van der Waals surface area contributed by atoms with E-state index in [1.54, 1.807) is 0 Å². The Morgan fingerprint density at radius 2 is 1.59 bits per heavy atom. The van der Waals surface area contributed by atoms with Crippen LogP contribution in [0, 0.1) is 23.2 Å². The normalized spacial score (nSPS) is 27.1. The molecular formula is C37H62N2O7. The summed E-state index contributed by atoms with van der Waals surface area (Å²) in [4.78, 5) is 25.3. The zero-order valence-electron chi connectivity index (χ0n) is 28.9. The van der Waals surface area contributed by atoms with E-state index in [0.29, 0.717) is 90.6 Å². The molecule has 9 nitrogen and oxygen atoms in total. The number of aliphatic hydroxyl groups excluding tert-OH is 1. The highest BCUT2D eigenvalue weighted by atomic mass is 16.6. The second-order valence-corrected chi connectivity index (χ2v) is 13.5. The number of ether oxygens (including phenoxy) is 4. The van der Waals surface area contributed by atoms with Gasteiger partial charge in [-0.15, -0.1) is 0 Å². The van der Waals surface area contributed by atoms with E-state index in [2.05, 4.69) is 43.2 Å². The molecular weight excluding hydrogens is 584 g/mol. The molecule has 9 heteroatoms. The maximum Gasteiger partial charge on any atom is 0.223 e. The number of carbonyl (C=O) groups is 2. The average molecular weight is 647 g/mol. The summed E-state index contributed by atoms with van der Waals surface area (Å²) in [6.07, 6.45) is 14.3. The number of hydrogen-bond acceptors (Lipinski definition) is 7. The Balaban J connectivity index is 1.25. The van der Waals surface area contributed by atoms with Gasteiger partial charge in [-0.25, -0.2) is 0 Å². The van der Waals surface area contributed by atoms with Crippen LogP contribution in [0.25, 0.3) is 0 Å². The van der Waals surface area contributed by atoms with Gasteiger partial charge in [0.2, 0.25) is 11.8 Å². The van der Waals surface area contributed by atoms with E-state index in [0.717, 1.165) is 56.9 Å². The minimum atomic E-state index is -0.254. The third kappa shape index (κ3) is 12.5. The Hall–Kier alpha value is -2.04. The molecule has 0 aromatic rings. The highest BCUT2D eigenvalue weighted by Crippen LogP contribution is 2.59. The van der Waals surface area contributed by atoms with E-state index in [4.69, 9.17) is 18.9 Å². The average Bonchev–Trinajstić information content (AvgIpc) is 3.40. The van der Waals surface area contributed by atoms with Crippen LogP contribution in [-0.2, 0) is 28.5 Å². The molecule has 0 radical (unpaired) electrons. The molecule has 3 fully saturated rings. The van der Waals surface area contributed by atoms with Gasteiger partial charge in [0, 0.05) is 32.0 Å². The number of hydrogen-bond donors (Lipinski definition) is 3. The fourth-order valence-electron chi connectivity index (χ4n) is 7.59. The first-order chi connectivity index (χ1) is 22.3. The van der Waals surface area contributed by atoms with Crippen molar-refractivity contribution in [3.8, 4) is 0 Å². The first-order valence-corrected chi connectivity index (χ1v) is 17.9. The van der Waals surface area contributed by atoms with E-state index in [9.17, 15) is 14.7 Å². The number of carbonyl (C=O) groups excluding carboxylic acids is 2. The Kier molecular flexibility index (Phi) is 17.6. The van der Waals surface area contributed by atoms with Gasteiger partial charge in [0.05, 0.1) is 52.4 Å². The van der Waals surface area contributed by atoms with Crippen LogP contribution in [0.3, 0.4) is 0 Å². The Labute approximate surface area is 277 Å². The van der Waals surface area contributed by atoms with Crippen molar-refractivity contribution in [1.29, 1.82) is 0 Å². The van der Waals surface area contributed by atoms with Crippen LogP contribution in [0.1, 0.15) is 91.4 Å². The first-order valence-electron chi connectivity index (χ1n) is 17.9. The van der Waals surface area contributed by atoms with Crippen molar-refractivity contribution in [2.45, 2.75) is 97.5 Å². The third-order valence-corrected chi connectivity index (χ3v) is 10.3. The SMILES string of the molecule is C=C1CC[C@H](O)C/C1=C/C=C1\CCC[C@]2(C)[C@@H]([C@H](C)C(=O)NCCCCNC(=O)CCOCCOCCOCCOCC)CC[C@@H]12. The lowest BCUT2D eigenvalue weighted by Gasteiger charge is -2.44. The van der Waals surface area contributed by atoms with Crippen molar-refractivity contribution >= 4 is 11.8 Å².